The molecule has 2 saturated heterocycles. The molecule has 0 bridgehead atoms. The number of carbonyl (C=O) groups is 1. The van der Waals surface area contributed by atoms with Gasteiger partial charge >= 0.3 is 0 Å². The zero-order chi connectivity index (χ0) is 9.97. The predicted molar refractivity (Wildman–Crippen MR) is 50.0 cm³/mol. The summed E-state index contributed by atoms with van der Waals surface area (Å²) in [6.07, 6.45) is 0.604. The molecule has 0 amide bonds. The average Bonchev–Trinajstić information content (AvgIpc) is 2.14. The fourth-order valence-electron chi connectivity index (χ4n) is 1.78. The molecule has 2 rings (SSSR count). The van der Waals surface area contributed by atoms with Gasteiger partial charge in [-0.15, -0.1) is 0 Å². The second-order valence-electron chi connectivity index (χ2n) is 3.81. The third-order valence-electron chi connectivity index (χ3n) is 2.85. The van der Waals surface area contributed by atoms with Crippen LogP contribution in [-0.4, -0.2) is 62.3 Å². The summed E-state index contributed by atoms with van der Waals surface area (Å²) < 4.78 is 10.6. The molecule has 0 saturated carbocycles. The minimum absolute atomic E-state index is 0.151. The highest BCUT2D eigenvalue weighted by Crippen LogP contribution is 2.15. The van der Waals surface area contributed by atoms with Crippen molar-refractivity contribution in [2.45, 2.75) is 18.2 Å². The van der Waals surface area contributed by atoms with Gasteiger partial charge in [0.1, 0.15) is 6.29 Å². The van der Waals surface area contributed by atoms with E-state index in [0.717, 1.165) is 32.6 Å². The first kappa shape index (κ1) is 10.0. The Balaban J connectivity index is 1.86. The predicted octanol–water partition coefficient (Wildman–Crippen LogP) is -1.39. The van der Waals surface area contributed by atoms with Crippen LogP contribution in [0.15, 0.2) is 0 Å². The van der Waals surface area contributed by atoms with Crippen molar-refractivity contribution in [1.82, 2.24) is 4.90 Å². The molecular weight excluding hydrogens is 184 g/mol. The number of nitrogens with two attached hydrogens (primary N) is 1. The molecule has 2 N–H and O–H groups in total. The lowest BCUT2D eigenvalue weighted by Crippen LogP contribution is -2.58. The Bertz CT molecular complexity index is 208. The molecule has 5 nitrogen and oxygen atoms in total. The van der Waals surface area contributed by atoms with Crippen molar-refractivity contribution < 1.29 is 14.3 Å². The summed E-state index contributed by atoms with van der Waals surface area (Å²) >= 11 is 0. The van der Waals surface area contributed by atoms with E-state index in [1.54, 1.807) is 0 Å². The Labute approximate surface area is 83.1 Å². The van der Waals surface area contributed by atoms with Crippen LogP contribution in [0.3, 0.4) is 0 Å². The molecule has 2 fully saturated rings. The number of morpholine rings is 1. The maximum absolute atomic E-state index is 10.5. The zero-order valence-corrected chi connectivity index (χ0v) is 8.09. The maximum Gasteiger partial charge on any atom is 0.139 e. The lowest BCUT2D eigenvalue weighted by Gasteiger charge is -2.42. The fourth-order valence-corrected chi connectivity index (χ4v) is 1.78. The molecule has 0 spiro atoms. The summed E-state index contributed by atoms with van der Waals surface area (Å²) in [5, 5.41) is 0. The van der Waals surface area contributed by atoms with Gasteiger partial charge in [0, 0.05) is 13.1 Å². The molecule has 0 aromatic rings. The van der Waals surface area contributed by atoms with Crippen molar-refractivity contribution in [3.8, 4) is 0 Å². The first-order valence-corrected chi connectivity index (χ1v) is 4.95. The van der Waals surface area contributed by atoms with Gasteiger partial charge in [0.25, 0.3) is 0 Å². The Morgan fingerprint density at radius 1 is 1.50 bits per heavy atom. The van der Waals surface area contributed by atoms with E-state index in [-0.39, 0.29) is 6.10 Å². The van der Waals surface area contributed by atoms with Crippen LogP contribution in [0.2, 0.25) is 0 Å². The molecule has 0 aliphatic carbocycles. The lowest BCUT2D eigenvalue weighted by molar-refractivity contribution is -0.127. The molecule has 80 valence electrons. The van der Waals surface area contributed by atoms with Crippen LogP contribution in [0.25, 0.3) is 0 Å². The molecule has 0 radical (unpaired) electrons. The SMILES string of the molecule is NC(C=O)C1CN(C2COC2)CCO1. The zero-order valence-electron chi connectivity index (χ0n) is 8.09. The van der Waals surface area contributed by atoms with E-state index in [0.29, 0.717) is 12.6 Å². The van der Waals surface area contributed by atoms with Gasteiger partial charge in [-0.2, -0.15) is 0 Å². The lowest BCUT2D eigenvalue weighted by atomic mass is 10.1. The number of carbonyl (C=O) groups excluding carboxylic acids is 1. The smallest absolute Gasteiger partial charge is 0.139 e. The summed E-state index contributed by atoms with van der Waals surface area (Å²) in [5.41, 5.74) is 5.62. The molecular formula is C9H16N2O3. The summed E-state index contributed by atoms with van der Waals surface area (Å²) in [6.45, 7) is 3.90. The van der Waals surface area contributed by atoms with Crippen LogP contribution < -0.4 is 5.73 Å². The summed E-state index contributed by atoms with van der Waals surface area (Å²) in [5.74, 6) is 0. The molecule has 5 heteroatoms. The van der Waals surface area contributed by atoms with Crippen LogP contribution in [0.4, 0.5) is 0 Å². The summed E-state index contributed by atoms with van der Waals surface area (Å²) in [7, 11) is 0. The Morgan fingerprint density at radius 3 is 2.86 bits per heavy atom. The van der Waals surface area contributed by atoms with Crippen molar-refractivity contribution in [2.24, 2.45) is 5.73 Å². The van der Waals surface area contributed by atoms with E-state index in [2.05, 4.69) is 4.90 Å². The van der Waals surface area contributed by atoms with Crippen LogP contribution in [-0.2, 0) is 14.3 Å². The van der Waals surface area contributed by atoms with Crippen molar-refractivity contribution in [1.29, 1.82) is 0 Å². The topological polar surface area (TPSA) is 64.8 Å². The highest BCUT2D eigenvalue weighted by Gasteiger charge is 2.32. The molecule has 2 aliphatic rings. The van der Waals surface area contributed by atoms with Gasteiger partial charge in [0.15, 0.2) is 0 Å². The standard InChI is InChI=1S/C9H16N2O3/c10-8(4-12)9-3-11(1-2-14-9)7-5-13-6-7/h4,7-9H,1-3,5-6,10H2. The van der Waals surface area contributed by atoms with Gasteiger partial charge in [0.05, 0.1) is 38.0 Å². The molecule has 2 aliphatic heterocycles. The van der Waals surface area contributed by atoms with Gasteiger partial charge in [-0.25, -0.2) is 0 Å². The van der Waals surface area contributed by atoms with E-state index in [1.165, 1.54) is 0 Å². The molecule has 2 unspecified atom stereocenters. The van der Waals surface area contributed by atoms with Crippen LogP contribution in [0.1, 0.15) is 0 Å². The largest absolute Gasteiger partial charge is 0.378 e. The summed E-state index contributed by atoms with van der Waals surface area (Å²) in [6, 6.07) is -0.000882. The highest BCUT2D eigenvalue weighted by atomic mass is 16.5. The van der Waals surface area contributed by atoms with Gasteiger partial charge in [-0.3, -0.25) is 4.90 Å². The number of ether oxygens (including phenoxy) is 2. The number of aldehydes is 1. The molecule has 2 atom stereocenters. The second kappa shape index (κ2) is 4.35. The molecule has 0 aromatic carbocycles. The van der Waals surface area contributed by atoms with Gasteiger partial charge in [-0.1, -0.05) is 0 Å². The van der Waals surface area contributed by atoms with Crippen molar-refractivity contribution in [2.75, 3.05) is 32.9 Å². The third-order valence-corrected chi connectivity index (χ3v) is 2.85. The van der Waals surface area contributed by atoms with Crippen LogP contribution in [0, 0.1) is 0 Å². The van der Waals surface area contributed by atoms with Crippen molar-refractivity contribution >= 4 is 6.29 Å². The van der Waals surface area contributed by atoms with Crippen molar-refractivity contribution in [3.05, 3.63) is 0 Å². The Kier molecular flexibility index (Phi) is 3.12. The summed E-state index contributed by atoms with van der Waals surface area (Å²) in [4.78, 5) is 12.8. The number of hydrogen-bond acceptors (Lipinski definition) is 5. The van der Waals surface area contributed by atoms with E-state index in [9.17, 15) is 4.79 Å². The minimum Gasteiger partial charge on any atom is -0.378 e. The van der Waals surface area contributed by atoms with Gasteiger partial charge < -0.3 is 20.0 Å². The molecule has 14 heavy (non-hydrogen) atoms. The van der Waals surface area contributed by atoms with Gasteiger partial charge in [-0.05, 0) is 0 Å². The van der Waals surface area contributed by atoms with Crippen LogP contribution >= 0.6 is 0 Å². The van der Waals surface area contributed by atoms with E-state index >= 15 is 0 Å². The van der Waals surface area contributed by atoms with E-state index < -0.39 is 6.04 Å². The molecule has 0 aromatic heterocycles. The van der Waals surface area contributed by atoms with Gasteiger partial charge in [0.2, 0.25) is 0 Å². The highest BCUT2D eigenvalue weighted by molar-refractivity contribution is 5.58. The first-order chi connectivity index (χ1) is 6.81. The number of rotatable bonds is 3. The number of hydrogen-bond donors (Lipinski definition) is 1. The normalized spacial score (nSPS) is 32.2. The quantitative estimate of drug-likeness (QED) is 0.568. The van der Waals surface area contributed by atoms with E-state index in [4.69, 9.17) is 15.2 Å². The fraction of sp³-hybridized carbons (Fsp3) is 0.889. The van der Waals surface area contributed by atoms with E-state index in [1.807, 2.05) is 0 Å². The average molecular weight is 200 g/mol. The minimum atomic E-state index is -0.501. The number of nitrogens with zero attached hydrogens (tertiary/aromatic N) is 1. The monoisotopic (exact) mass is 200 g/mol. The van der Waals surface area contributed by atoms with Crippen molar-refractivity contribution in [3.63, 3.8) is 0 Å². The maximum atomic E-state index is 10.5. The Morgan fingerprint density at radius 2 is 2.29 bits per heavy atom. The second-order valence-corrected chi connectivity index (χ2v) is 3.81. The third kappa shape index (κ3) is 1.95. The first-order valence-electron chi connectivity index (χ1n) is 4.95. The van der Waals surface area contributed by atoms with Crippen LogP contribution in [0.5, 0.6) is 0 Å². The molecule has 2 heterocycles. The Hall–Kier alpha value is -0.490.